The lowest BCUT2D eigenvalue weighted by atomic mass is 9.79. The van der Waals surface area contributed by atoms with Crippen LogP contribution in [-0.2, 0) is 0 Å². The van der Waals surface area contributed by atoms with Gasteiger partial charge in [-0.15, -0.1) is 0 Å². The van der Waals surface area contributed by atoms with E-state index in [-0.39, 0.29) is 5.54 Å². The Hall–Kier alpha value is -0.0800. The van der Waals surface area contributed by atoms with Gasteiger partial charge in [-0.05, 0) is 65.1 Å². The molecule has 0 amide bonds. The summed E-state index contributed by atoms with van der Waals surface area (Å²) in [6.07, 6.45) is 3.86. The minimum Gasteiger partial charge on any atom is -0.326 e. The zero-order valence-corrected chi connectivity index (χ0v) is 10.2. The van der Waals surface area contributed by atoms with Crippen molar-refractivity contribution in [3.8, 4) is 0 Å². The number of likely N-dealkylation sites (tertiary alicyclic amines) is 1. The second-order valence-corrected chi connectivity index (χ2v) is 5.81. The Balaban J connectivity index is 2.34. The van der Waals surface area contributed by atoms with Crippen molar-refractivity contribution in [2.75, 3.05) is 20.1 Å². The average Bonchev–Trinajstić information content (AvgIpc) is 2.02. The molecule has 1 aliphatic rings. The van der Waals surface area contributed by atoms with E-state index in [0.717, 1.165) is 18.3 Å². The van der Waals surface area contributed by atoms with Crippen LogP contribution in [0.5, 0.6) is 0 Å². The highest BCUT2D eigenvalue weighted by Gasteiger charge is 2.25. The second kappa shape index (κ2) is 4.63. The molecule has 0 aromatic heterocycles. The fraction of sp³-hybridized carbons (Fsp3) is 1.00. The maximum atomic E-state index is 6.06. The van der Waals surface area contributed by atoms with Gasteiger partial charge in [0, 0.05) is 5.54 Å². The Bertz CT molecular complexity index is 164. The number of nitrogens with zero attached hydrogens (tertiary/aromatic N) is 1. The predicted octanol–water partition coefficient (Wildman–Crippen LogP) is 2.09. The van der Waals surface area contributed by atoms with Gasteiger partial charge in [0.1, 0.15) is 0 Å². The standard InChI is InChI=1S/C12H26N2/c1-10(9-12(2,3)13)11-5-7-14(4)8-6-11/h10-11H,5-9,13H2,1-4H3. The van der Waals surface area contributed by atoms with E-state index in [1.165, 1.54) is 25.9 Å². The molecule has 0 radical (unpaired) electrons. The summed E-state index contributed by atoms with van der Waals surface area (Å²) in [5.74, 6) is 1.68. The van der Waals surface area contributed by atoms with Gasteiger partial charge in [-0.2, -0.15) is 0 Å². The lowest BCUT2D eigenvalue weighted by Crippen LogP contribution is -2.38. The largest absolute Gasteiger partial charge is 0.326 e. The van der Waals surface area contributed by atoms with E-state index < -0.39 is 0 Å². The van der Waals surface area contributed by atoms with Crippen molar-refractivity contribution in [3.63, 3.8) is 0 Å². The zero-order chi connectivity index (χ0) is 10.8. The molecule has 14 heavy (non-hydrogen) atoms. The molecule has 0 aromatic rings. The lowest BCUT2D eigenvalue weighted by molar-refractivity contribution is 0.160. The number of nitrogens with two attached hydrogens (primary N) is 1. The number of hydrogen-bond donors (Lipinski definition) is 1. The summed E-state index contributed by atoms with van der Waals surface area (Å²) in [5, 5.41) is 0. The Labute approximate surface area is 88.8 Å². The zero-order valence-electron chi connectivity index (χ0n) is 10.2. The van der Waals surface area contributed by atoms with E-state index in [2.05, 4.69) is 32.7 Å². The molecule has 1 rings (SSSR count). The Morgan fingerprint density at radius 3 is 2.29 bits per heavy atom. The van der Waals surface area contributed by atoms with Gasteiger partial charge in [0.2, 0.25) is 0 Å². The van der Waals surface area contributed by atoms with E-state index in [4.69, 9.17) is 5.73 Å². The van der Waals surface area contributed by atoms with Gasteiger partial charge < -0.3 is 10.6 Å². The van der Waals surface area contributed by atoms with Crippen LogP contribution in [0, 0.1) is 11.8 Å². The first-order chi connectivity index (χ1) is 6.38. The average molecular weight is 198 g/mol. The summed E-state index contributed by atoms with van der Waals surface area (Å²) in [7, 11) is 2.22. The molecule has 0 saturated carbocycles. The molecule has 1 heterocycles. The van der Waals surface area contributed by atoms with Gasteiger partial charge in [0.05, 0.1) is 0 Å². The van der Waals surface area contributed by atoms with Crippen molar-refractivity contribution < 1.29 is 0 Å². The normalized spacial score (nSPS) is 23.8. The van der Waals surface area contributed by atoms with Gasteiger partial charge in [-0.25, -0.2) is 0 Å². The van der Waals surface area contributed by atoms with Gasteiger partial charge in [0.25, 0.3) is 0 Å². The molecule has 1 aliphatic heterocycles. The molecule has 1 saturated heterocycles. The SMILES string of the molecule is CC(CC(C)(C)N)C1CCN(C)CC1. The maximum absolute atomic E-state index is 6.06. The Morgan fingerprint density at radius 1 is 1.36 bits per heavy atom. The molecule has 0 aromatic carbocycles. The lowest BCUT2D eigenvalue weighted by Gasteiger charge is -2.35. The summed E-state index contributed by atoms with van der Waals surface area (Å²) < 4.78 is 0. The molecular weight excluding hydrogens is 172 g/mol. The topological polar surface area (TPSA) is 29.3 Å². The van der Waals surface area contributed by atoms with Crippen LogP contribution in [0.1, 0.15) is 40.0 Å². The fourth-order valence-electron chi connectivity index (χ4n) is 2.59. The van der Waals surface area contributed by atoms with Gasteiger partial charge >= 0.3 is 0 Å². The first-order valence-corrected chi connectivity index (χ1v) is 5.86. The highest BCUT2D eigenvalue weighted by Crippen LogP contribution is 2.29. The predicted molar refractivity (Wildman–Crippen MR) is 62.3 cm³/mol. The van der Waals surface area contributed by atoms with Crippen LogP contribution < -0.4 is 5.73 Å². The maximum Gasteiger partial charge on any atom is 0.00996 e. The minimum atomic E-state index is 0.00274. The van der Waals surface area contributed by atoms with Crippen molar-refractivity contribution in [1.29, 1.82) is 0 Å². The van der Waals surface area contributed by atoms with Crippen LogP contribution in [0.2, 0.25) is 0 Å². The van der Waals surface area contributed by atoms with Gasteiger partial charge in [-0.1, -0.05) is 6.92 Å². The Kier molecular flexibility index (Phi) is 3.96. The van der Waals surface area contributed by atoms with E-state index >= 15 is 0 Å². The van der Waals surface area contributed by atoms with Crippen LogP contribution in [0.25, 0.3) is 0 Å². The van der Waals surface area contributed by atoms with Crippen molar-refractivity contribution >= 4 is 0 Å². The van der Waals surface area contributed by atoms with Crippen LogP contribution in [0.4, 0.5) is 0 Å². The van der Waals surface area contributed by atoms with Crippen molar-refractivity contribution in [2.45, 2.75) is 45.6 Å². The van der Waals surface area contributed by atoms with E-state index in [9.17, 15) is 0 Å². The van der Waals surface area contributed by atoms with E-state index in [1.54, 1.807) is 0 Å². The molecule has 1 unspecified atom stereocenters. The highest BCUT2D eigenvalue weighted by atomic mass is 15.1. The molecule has 0 aliphatic carbocycles. The van der Waals surface area contributed by atoms with Crippen molar-refractivity contribution in [2.24, 2.45) is 17.6 Å². The molecule has 1 fully saturated rings. The molecule has 2 nitrogen and oxygen atoms in total. The van der Waals surface area contributed by atoms with Crippen molar-refractivity contribution in [3.05, 3.63) is 0 Å². The van der Waals surface area contributed by atoms with Crippen LogP contribution in [0.3, 0.4) is 0 Å². The van der Waals surface area contributed by atoms with Crippen LogP contribution >= 0.6 is 0 Å². The molecule has 2 heteroatoms. The number of piperidine rings is 1. The highest BCUT2D eigenvalue weighted by molar-refractivity contribution is 4.81. The van der Waals surface area contributed by atoms with Gasteiger partial charge in [-0.3, -0.25) is 0 Å². The first-order valence-electron chi connectivity index (χ1n) is 5.86. The van der Waals surface area contributed by atoms with Gasteiger partial charge in [0.15, 0.2) is 0 Å². The summed E-state index contributed by atoms with van der Waals surface area (Å²) in [4.78, 5) is 2.43. The minimum absolute atomic E-state index is 0.00274. The second-order valence-electron chi connectivity index (χ2n) is 5.81. The first kappa shape index (κ1) is 12.0. The Morgan fingerprint density at radius 2 is 1.86 bits per heavy atom. The third-order valence-corrected chi connectivity index (χ3v) is 3.42. The number of hydrogen-bond acceptors (Lipinski definition) is 2. The van der Waals surface area contributed by atoms with Crippen LogP contribution in [0.15, 0.2) is 0 Å². The monoisotopic (exact) mass is 198 g/mol. The summed E-state index contributed by atoms with van der Waals surface area (Å²) in [6, 6.07) is 0. The number of rotatable bonds is 3. The molecule has 0 spiro atoms. The smallest absolute Gasteiger partial charge is 0.00996 e. The van der Waals surface area contributed by atoms with E-state index in [1.807, 2.05) is 0 Å². The molecule has 0 bridgehead atoms. The quantitative estimate of drug-likeness (QED) is 0.752. The van der Waals surface area contributed by atoms with E-state index in [0.29, 0.717) is 0 Å². The van der Waals surface area contributed by atoms with Crippen molar-refractivity contribution in [1.82, 2.24) is 4.90 Å². The molecule has 84 valence electrons. The van der Waals surface area contributed by atoms with Crippen LogP contribution in [-0.4, -0.2) is 30.6 Å². The molecular formula is C12H26N2. The summed E-state index contributed by atoms with van der Waals surface area (Å²) in [6.45, 7) is 9.17. The fourth-order valence-corrected chi connectivity index (χ4v) is 2.59. The molecule has 1 atom stereocenters. The molecule has 2 N–H and O–H groups in total. The summed E-state index contributed by atoms with van der Waals surface area (Å²) in [5.41, 5.74) is 6.06. The third-order valence-electron chi connectivity index (χ3n) is 3.42. The third kappa shape index (κ3) is 3.97. The summed E-state index contributed by atoms with van der Waals surface area (Å²) >= 11 is 0.